The first kappa shape index (κ1) is 19.5. The highest BCUT2D eigenvalue weighted by Gasteiger charge is 2.34. The number of ether oxygens (including phenoxy) is 3. The Labute approximate surface area is 164 Å². The van der Waals surface area contributed by atoms with E-state index in [-0.39, 0.29) is 18.2 Å². The van der Waals surface area contributed by atoms with Crippen LogP contribution < -0.4 is 19.5 Å². The maximum absolute atomic E-state index is 12.6. The molecule has 0 bridgehead atoms. The van der Waals surface area contributed by atoms with E-state index in [4.69, 9.17) is 14.2 Å². The van der Waals surface area contributed by atoms with Crippen molar-refractivity contribution in [2.45, 2.75) is 13.0 Å². The van der Waals surface area contributed by atoms with Gasteiger partial charge < -0.3 is 24.4 Å². The number of benzene rings is 2. The van der Waals surface area contributed by atoms with E-state index >= 15 is 0 Å². The Bertz CT molecular complexity index is 868. The number of nitrogens with one attached hydrogen (secondary N) is 1. The third-order valence-electron chi connectivity index (χ3n) is 4.79. The fourth-order valence-corrected chi connectivity index (χ4v) is 3.30. The Morgan fingerprint density at radius 1 is 1.04 bits per heavy atom. The lowest BCUT2D eigenvalue weighted by Gasteiger charge is -2.18. The van der Waals surface area contributed by atoms with Gasteiger partial charge in [0.05, 0.1) is 27.2 Å². The highest BCUT2D eigenvalue weighted by molar-refractivity contribution is 5.97. The molecule has 2 aromatic rings. The maximum atomic E-state index is 12.6. The first-order chi connectivity index (χ1) is 13.5. The van der Waals surface area contributed by atoms with Gasteiger partial charge in [-0.1, -0.05) is 18.2 Å². The van der Waals surface area contributed by atoms with Crippen molar-refractivity contribution in [2.75, 3.05) is 33.2 Å². The van der Waals surface area contributed by atoms with Gasteiger partial charge in [-0.15, -0.1) is 0 Å². The Balaban J connectivity index is 1.65. The molecular formula is C21H24N2O5. The normalized spacial score (nSPS) is 16.0. The summed E-state index contributed by atoms with van der Waals surface area (Å²) >= 11 is 0. The Hall–Kier alpha value is -3.22. The van der Waals surface area contributed by atoms with Crippen molar-refractivity contribution < 1.29 is 23.8 Å². The van der Waals surface area contributed by atoms with Gasteiger partial charge >= 0.3 is 0 Å². The first-order valence-corrected chi connectivity index (χ1v) is 8.98. The van der Waals surface area contributed by atoms with Gasteiger partial charge in [0.15, 0.2) is 11.5 Å². The van der Waals surface area contributed by atoms with E-state index < -0.39 is 5.92 Å². The van der Waals surface area contributed by atoms with E-state index in [1.807, 2.05) is 24.3 Å². The van der Waals surface area contributed by atoms with Crippen LogP contribution in [0.2, 0.25) is 0 Å². The molecule has 148 valence electrons. The minimum Gasteiger partial charge on any atom is -0.496 e. The Kier molecular flexibility index (Phi) is 6.03. The number of para-hydroxylation sites is 1. The average Bonchev–Trinajstić information content (AvgIpc) is 3.08. The lowest BCUT2D eigenvalue weighted by molar-refractivity contribution is -0.128. The van der Waals surface area contributed by atoms with Gasteiger partial charge in [-0.25, -0.2) is 0 Å². The summed E-state index contributed by atoms with van der Waals surface area (Å²) in [7, 11) is 4.69. The van der Waals surface area contributed by atoms with Gasteiger partial charge in [0.2, 0.25) is 11.8 Å². The van der Waals surface area contributed by atoms with Gasteiger partial charge in [0.1, 0.15) is 5.75 Å². The van der Waals surface area contributed by atoms with E-state index in [1.165, 1.54) is 7.11 Å². The molecule has 0 radical (unpaired) electrons. The molecule has 0 aromatic heterocycles. The third kappa shape index (κ3) is 4.19. The number of carbonyl (C=O) groups excluding carboxylic acids is 2. The molecule has 1 saturated heterocycles. The van der Waals surface area contributed by atoms with Crippen LogP contribution in [-0.4, -0.2) is 44.6 Å². The smallest absolute Gasteiger partial charge is 0.229 e. The standard InChI is InChI=1S/C21H24N2O5/c1-26-17-7-5-4-6-14(17)12-23-13-15(10-20(23)24)21(25)22-16-8-9-18(27-2)19(11-16)28-3/h4-9,11,15H,10,12-13H2,1-3H3,(H,22,25). The summed E-state index contributed by atoms with van der Waals surface area (Å²) in [4.78, 5) is 26.7. The quantitative estimate of drug-likeness (QED) is 0.794. The molecule has 28 heavy (non-hydrogen) atoms. The molecule has 1 aliphatic rings. The van der Waals surface area contributed by atoms with Gasteiger partial charge in [-0.2, -0.15) is 0 Å². The van der Waals surface area contributed by atoms with Crippen molar-refractivity contribution in [2.24, 2.45) is 5.92 Å². The predicted molar refractivity (Wildman–Crippen MR) is 105 cm³/mol. The Morgan fingerprint density at radius 2 is 1.75 bits per heavy atom. The molecule has 1 unspecified atom stereocenters. The number of likely N-dealkylation sites (tertiary alicyclic amines) is 1. The first-order valence-electron chi connectivity index (χ1n) is 8.98. The van der Waals surface area contributed by atoms with E-state index in [2.05, 4.69) is 5.32 Å². The maximum Gasteiger partial charge on any atom is 0.229 e. The lowest BCUT2D eigenvalue weighted by Crippen LogP contribution is -2.28. The summed E-state index contributed by atoms with van der Waals surface area (Å²) in [6.45, 7) is 0.791. The zero-order valence-corrected chi connectivity index (χ0v) is 16.2. The summed E-state index contributed by atoms with van der Waals surface area (Å²) < 4.78 is 15.8. The fraction of sp³-hybridized carbons (Fsp3) is 0.333. The van der Waals surface area contributed by atoms with Crippen molar-refractivity contribution in [1.29, 1.82) is 0 Å². The number of nitrogens with zero attached hydrogens (tertiary/aromatic N) is 1. The summed E-state index contributed by atoms with van der Waals surface area (Å²) in [5.74, 6) is 1.20. The van der Waals surface area contributed by atoms with Crippen LogP contribution in [-0.2, 0) is 16.1 Å². The van der Waals surface area contributed by atoms with Gasteiger partial charge in [0, 0.05) is 36.8 Å². The second kappa shape index (κ2) is 8.65. The summed E-state index contributed by atoms with van der Waals surface area (Å²) in [5.41, 5.74) is 1.51. The topological polar surface area (TPSA) is 77.1 Å². The van der Waals surface area contributed by atoms with Crippen LogP contribution >= 0.6 is 0 Å². The van der Waals surface area contributed by atoms with Crippen LogP contribution in [0, 0.1) is 5.92 Å². The number of hydrogen-bond donors (Lipinski definition) is 1. The van der Waals surface area contributed by atoms with E-state index in [9.17, 15) is 9.59 Å². The highest BCUT2D eigenvalue weighted by Crippen LogP contribution is 2.31. The number of methoxy groups -OCH3 is 3. The minimum absolute atomic E-state index is 0.0432. The molecule has 0 saturated carbocycles. The molecule has 0 aliphatic carbocycles. The number of anilines is 1. The largest absolute Gasteiger partial charge is 0.496 e. The number of rotatable bonds is 7. The highest BCUT2D eigenvalue weighted by atomic mass is 16.5. The molecule has 1 heterocycles. The molecule has 0 spiro atoms. The second-order valence-electron chi connectivity index (χ2n) is 6.55. The summed E-state index contributed by atoms with van der Waals surface area (Å²) in [6.07, 6.45) is 0.189. The zero-order valence-electron chi connectivity index (χ0n) is 16.2. The molecule has 3 rings (SSSR count). The third-order valence-corrected chi connectivity index (χ3v) is 4.79. The van der Waals surface area contributed by atoms with Crippen molar-refractivity contribution in [3.63, 3.8) is 0 Å². The van der Waals surface area contributed by atoms with Gasteiger partial charge in [0.25, 0.3) is 0 Å². The van der Waals surface area contributed by atoms with Crippen molar-refractivity contribution in [3.05, 3.63) is 48.0 Å². The van der Waals surface area contributed by atoms with Crippen LogP contribution in [0.25, 0.3) is 0 Å². The van der Waals surface area contributed by atoms with Crippen LogP contribution in [0.4, 0.5) is 5.69 Å². The predicted octanol–water partition coefficient (Wildman–Crippen LogP) is 2.70. The molecule has 1 aliphatic heterocycles. The SMILES string of the molecule is COc1ccccc1CN1CC(C(=O)Nc2ccc(OC)c(OC)c2)CC1=O. The number of carbonyl (C=O) groups is 2. The minimum atomic E-state index is -0.407. The van der Waals surface area contributed by atoms with E-state index in [0.29, 0.717) is 30.3 Å². The summed E-state index contributed by atoms with van der Waals surface area (Å²) in [5, 5.41) is 2.86. The van der Waals surface area contributed by atoms with Gasteiger partial charge in [-0.3, -0.25) is 9.59 Å². The molecule has 1 fully saturated rings. The number of hydrogen-bond acceptors (Lipinski definition) is 5. The molecule has 2 aromatic carbocycles. The van der Waals surface area contributed by atoms with E-state index in [0.717, 1.165) is 11.3 Å². The van der Waals surface area contributed by atoms with Crippen molar-refractivity contribution in [1.82, 2.24) is 4.90 Å². The van der Waals surface area contributed by atoms with Crippen LogP contribution in [0.5, 0.6) is 17.2 Å². The molecule has 1 N–H and O–H groups in total. The molecule has 7 nitrogen and oxygen atoms in total. The zero-order chi connectivity index (χ0) is 20.1. The summed E-state index contributed by atoms with van der Waals surface area (Å²) in [6, 6.07) is 12.7. The van der Waals surface area contributed by atoms with Crippen molar-refractivity contribution in [3.8, 4) is 17.2 Å². The van der Waals surface area contributed by atoms with Crippen LogP contribution in [0.15, 0.2) is 42.5 Å². The van der Waals surface area contributed by atoms with Crippen LogP contribution in [0.3, 0.4) is 0 Å². The molecule has 7 heteroatoms. The van der Waals surface area contributed by atoms with E-state index in [1.54, 1.807) is 37.3 Å². The molecule has 2 amide bonds. The monoisotopic (exact) mass is 384 g/mol. The Morgan fingerprint density at radius 3 is 2.46 bits per heavy atom. The van der Waals surface area contributed by atoms with Crippen molar-refractivity contribution >= 4 is 17.5 Å². The lowest BCUT2D eigenvalue weighted by atomic mass is 10.1. The molecular weight excluding hydrogens is 360 g/mol. The number of amides is 2. The van der Waals surface area contributed by atoms with Crippen LogP contribution in [0.1, 0.15) is 12.0 Å². The average molecular weight is 384 g/mol. The molecule has 1 atom stereocenters. The second-order valence-corrected chi connectivity index (χ2v) is 6.55. The fourth-order valence-electron chi connectivity index (χ4n) is 3.30. The van der Waals surface area contributed by atoms with Gasteiger partial charge in [-0.05, 0) is 18.2 Å².